The van der Waals surface area contributed by atoms with Gasteiger partial charge in [0.15, 0.2) is 0 Å². The molecule has 19 heavy (non-hydrogen) atoms. The van der Waals surface area contributed by atoms with E-state index in [-0.39, 0.29) is 11.9 Å². The first-order chi connectivity index (χ1) is 9.16. The lowest BCUT2D eigenvalue weighted by Gasteiger charge is -2.50. The lowest BCUT2D eigenvalue weighted by atomic mass is 9.68. The molecular weight excluding hydrogens is 238 g/mol. The summed E-state index contributed by atoms with van der Waals surface area (Å²) >= 11 is 0. The lowest BCUT2D eigenvalue weighted by Crippen LogP contribution is -2.62. The Balaban J connectivity index is 1.74. The molecule has 0 N–H and O–H groups in total. The Kier molecular flexibility index (Phi) is 3.26. The molecule has 3 aliphatic rings. The minimum absolute atomic E-state index is 0.110. The van der Waals surface area contributed by atoms with Gasteiger partial charge < -0.3 is 4.90 Å². The normalized spacial score (nSPS) is 34.0. The van der Waals surface area contributed by atoms with Crippen LogP contribution in [0.25, 0.3) is 0 Å². The Morgan fingerprint density at radius 3 is 2.68 bits per heavy atom. The molecular formula is C15H23N3O. The van der Waals surface area contributed by atoms with Crippen LogP contribution in [0.3, 0.4) is 0 Å². The van der Waals surface area contributed by atoms with Crippen molar-refractivity contribution in [3.63, 3.8) is 0 Å². The highest BCUT2D eigenvalue weighted by Crippen LogP contribution is 2.43. The number of carbonyl (C=O) groups excluding carboxylic acids is 1. The van der Waals surface area contributed by atoms with Crippen LogP contribution < -0.4 is 0 Å². The molecule has 104 valence electrons. The van der Waals surface area contributed by atoms with Gasteiger partial charge in [0.05, 0.1) is 6.07 Å². The van der Waals surface area contributed by atoms with Crippen molar-refractivity contribution in [1.82, 2.24) is 9.80 Å². The van der Waals surface area contributed by atoms with Crippen molar-refractivity contribution < 1.29 is 4.79 Å². The summed E-state index contributed by atoms with van der Waals surface area (Å²) in [7, 11) is 0. The highest BCUT2D eigenvalue weighted by atomic mass is 16.2. The summed E-state index contributed by atoms with van der Waals surface area (Å²) in [4.78, 5) is 17.3. The average molecular weight is 261 g/mol. The predicted octanol–water partition coefficient (Wildman–Crippen LogP) is 1.77. The number of hydrogen-bond donors (Lipinski definition) is 0. The zero-order chi connectivity index (χ0) is 13.5. The summed E-state index contributed by atoms with van der Waals surface area (Å²) < 4.78 is 0. The maximum Gasteiger partial charge on any atom is 0.243 e. The molecule has 1 saturated carbocycles. The van der Waals surface area contributed by atoms with Gasteiger partial charge >= 0.3 is 0 Å². The molecule has 0 radical (unpaired) electrons. The summed E-state index contributed by atoms with van der Waals surface area (Å²) in [5.74, 6) is 0.110. The van der Waals surface area contributed by atoms with Gasteiger partial charge in [-0.05, 0) is 45.6 Å². The number of rotatable bonds is 1. The van der Waals surface area contributed by atoms with Crippen LogP contribution in [0.1, 0.15) is 45.4 Å². The number of fused-ring (bicyclic) bond motifs is 1. The van der Waals surface area contributed by atoms with Gasteiger partial charge in [0.1, 0.15) is 5.41 Å². The van der Waals surface area contributed by atoms with Crippen molar-refractivity contribution in [2.75, 3.05) is 19.6 Å². The predicted molar refractivity (Wildman–Crippen MR) is 72.3 cm³/mol. The first-order valence-corrected chi connectivity index (χ1v) is 7.63. The van der Waals surface area contributed by atoms with Crippen molar-refractivity contribution >= 4 is 5.91 Å². The van der Waals surface area contributed by atoms with Crippen LogP contribution in [0.5, 0.6) is 0 Å². The molecule has 0 aromatic carbocycles. The molecule has 1 aliphatic carbocycles. The van der Waals surface area contributed by atoms with Gasteiger partial charge in [-0.1, -0.05) is 6.42 Å². The quantitative estimate of drug-likeness (QED) is 0.722. The summed E-state index contributed by atoms with van der Waals surface area (Å²) in [5.41, 5.74) is -0.675. The number of piperazine rings is 1. The number of nitriles is 1. The maximum atomic E-state index is 12.7. The third-order valence-electron chi connectivity index (χ3n) is 5.28. The highest BCUT2D eigenvalue weighted by molar-refractivity contribution is 5.86. The fourth-order valence-electron chi connectivity index (χ4n) is 3.81. The van der Waals surface area contributed by atoms with E-state index in [0.29, 0.717) is 6.04 Å². The van der Waals surface area contributed by atoms with E-state index in [1.807, 2.05) is 4.90 Å². The van der Waals surface area contributed by atoms with E-state index in [1.165, 1.54) is 25.8 Å². The van der Waals surface area contributed by atoms with Gasteiger partial charge in [-0.15, -0.1) is 0 Å². The SMILES string of the molecule is CC1CN2CCCCC2CN1C(=O)C1(C#N)CCC1. The van der Waals surface area contributed by atoms with Crippen molar-refractivity contribution in [3.8, 4) is 6.07 Å². The molecule has 0 bridgehead atoms. The average Bonchev–Trinajstić information content (AvgIpc) is 2.37. The van der Waals surface area contributed by atoms with Crippen LogP contribution in [0.15, 0.2) is 0 Å². The first kappa shape index (κ1) is 12.9. The van der Waals surface area contributed by atoms with Crippen molar-refractivity contribution in [3.05, 3.63) is 0 Å². The first-order valence-electron chi connectivity index (χ1n) is 7.63. The number of amides is 1. The van der Waals surface area contributed by atoms with Gasteiger partial charge in [0, 0.05) is 25.2 Å². The van der Waals surface area contributed by atoms with Crippen molar-refractivity contribution in [2.45, 2.75) is 57.5 Å². The third kappa shape index (κ3) is 2.04. The molecule has 1 amide bonds. The second-order valence-electron chi connectivity index (χ2n) is 6.50. The fraction of sp³-hybridized carbons (Fsp3) is 0.867. The Morgan fingerprint density at radius 1 is 1.26 bits per heavy atom. The molecule has 4 heteroatoms. The van der Waals surface area contributed by atoms with E-state index in [1.54, 1.807) is 0 Å². The van der Waals surface area contributed by atoms with Gasteiger partial charge in [0.2, 0.25) is 5.91 Å². The number of nitrogens with zero attached hydrogens (tertiary/aromatic N) is 3. The summed E-state index contributed by atoms with van der Waals surface area (Å²) in [6.45, 7) is 5.13. The van der Waals surface area contributed by atoms with E-state index >= 15 is 0 Å². The molecule has 0 aromatic heterocycles. The Morgan fingerprint density at radius 2 is 2.05 bits per heavy atom. The molecule has 2 aliphatic heterocycles. The molecule has 3 fully saturated rings. The summed E-state index contributed by atoms with van der Waals surface area (Å²) in [6, 6.07) is 3.09. The summed E-state index contributed by atoms with van der Waals surface area (Å²) in [6.07, 6.45) is 6.33. The van der Waals surface area contributed by atoms with E-state index in [9.17, 15) is 10.1 Å². The van der Waals surface area contributed by atoms with E-state index in [2.05, 4.69) is 17.9 Å². The van der Waals surface area contributed by atoms with Crippen LogP contribution >= 0.6 is 0 Å². The molecule has 0 spiro atoms. The Bertz CT molecular complexity index is 410. The Labute approximate surface area is 115 Å². The number of piperidine rings is 1. The lowest BCUT2D eigenvalue weighted by molar-refractivity contribution is -0.150. The van der Waals surface area contributed by atoms with Crippen LogP contribution in [0.4, 0.5) is 0 Å². The van der Waals surface area contributed by atoms with E-state index < -0.39 is 5.41 Å². The zero-order valence-electron chi connectivity index (χ0n) is 11.8. The minimum atomic E-state index is -0.675. The molecule has 2 heterocycles. The molecule has 2 unspecified atom stereocenters. The van der Waals surface area contributed by atoms with Crippen molar-refractivity contribution in [1.29, 1.82) is 5.26 Å². The topological polar surface area (TPSA) is 47.3 Å². The highest BCUT2D eigenvalue weighted by Gasteiger charge is 2.49. The minimum Gasteiger partial charge on any atom is -0.336 e. The standard InChI is InChI=1S/C15H23N3O/c1-12-9-17-8-3-2-5-13(17)10-18(12)14(19)15(11-16)6-4-7-15/h12-13H,2-10H2,1H3. The Hall–Kier alpha value is -1.08. The zero-order valence-corrected chi connectivity index (χ0v) is 11.8. The van der Waals surface area contributed by atoms with Gasteiger partial charge in [-0.3, -0.25) is 9.69 Å². The smallest absolute Gasteiger partial charge is 0.243 e. The van der Waals surface area contributed by atoms with Crippen LogP contribution in [-0.4, -0.2) is 47.4 Å². The van der Waals surface area contributed by atoms with E-state index in [0.717, 1.165) is 32.4 Å². The van der Waals surface area contributed by atoms with Crippen LogP contribution in [0, 0.1) is 16.7 Å². The monoisotopic (exact) mass is 261 g/mol. The van der Waals surface area contributed by atoms with Gasteiger partial charge in [-0.2, -0.15) is 5.26 Å². The van der Waals surface area contributed by atoms with Crippen LogP contribution in [-0.2, 0) is 4.79 Å². The molecule has 0 aromatic rings. The third-order valence-corrected chi connectivity index (χ3v) is 5.28. The maximum absolute atomic E-state index is 12.7. The molecule has 4 nitrogen and oxygen atoms in total. The van der Waals surface area contributed by atoms with E-state index in [4.69, 9.17) is 0 Å². The molecule has 2 saturated heterocycles. The second-order valence-corrected chi connectivity index (χ2v) is 6.50. The van der Waals surface area contributed by atoms with Crippen LogP contribution in [0.2, 0.25) is 0 Å². The summed E-state index contributed by atoms with van der Waals surface area (Å²) in [5, 5.41) is 9.35. The van der Waals surface area contributed by atoms with Gasteiger partial charge in [0.25, 0.3) is 0 Å². The van der Waals surface area contributed by atoms with Gasteiger partial charge in [-0.25, -0.2) is 0 Å². The number of carbonyl (C=O) groups is 1. The molecule has 2 atom stereocenters. The fourth-order valence-corrected chi connectivity index (χ4v) is 3.81. The number of hydrogen-bond acceptors (Lipinski definition) is 3. The van der Waals surface area contributed by atoms with Crippen molar-refractivity contribution in [2.24, 2.45) is 5.41 Å². The second kappa shape index (κ2) is 4.79. The largest absolute Gasteiger partial charge is 0.336 e. The molecule has 3 rings (SSSR count).